The summed E-state index contributed by atoms with van der Waals surface area (Å²) in [5, 5.41) is 6.33. The van der Waals surface area contributed by atoms with Crippen LogP contribution in [0.3, 0.4) is 0 Å². The first-order valence-electron chi connectivity index (χ1n) is 24.5. The first-order valence-corrected chi connectivity index (χ1v) is 30.4. The van der Waals surface area contributed by atoms with Gasteiger partial charge in [0.15, 0.2) is 0 Å². The second kappa shape index (κ2) is 37.4. The van der Waals surface area contributed by atoms with Crippen molar-refractivity contribution in [3.05, 3.63) is 151 Å². The van der Waals surface area contributed by atoms with Gasteiger partial charge in [0.25, 0.3) is 0 Å². The Hall–Kier alpha value is -0.361. The molecule has 0 aromatic heterocycles. The van der Waals surface area contributed by atoms with Gasteiger partial charge in [-0.3, -0.25) is 0 Å². The Morgan fingerprint density at radius 1 is 0.303 bits per heavy atom. The third-order valence-electron chi connectivity index (χ3n) is 13.4. The van der Waals surface area contributed by atoms with Crippen molar-refractivity contribution in [2.75, 3.05) is 0 Å². The molecule has 0 heterocycles. The maximum Gasteiger partial charge on any atom is 2.00 e. The fourth-order valence-electron chi connectivity index (χ4n) is 11.0. The minimum Gasteiger partial charge on any atom is -0.358 e. The quantitative estimate of drug-likeness (QED) is 0.0754. The van der Waals surface area contributed by atoms with Gasteiger partial charge in [-0.15, -0.1) is 0 Å². The van der Waals surface area contributed by atoms with Crippen LogP contribution in [0.25, 0.3) is 0 Å². The molecular formula is C60H96Fe2P4. The second-order valence-corrected chi connectivity index (χ2v) is 31.5. The summed E-state index contributed by atoms with van der Waals surface area (Å²) in [5.41, 5.74) is 7.58. The van der Waals surface area contributed by atoms with E-state index >= 15 is 0 Å². The fraction of sp³-hybridized carbons (Fsp3) is 0.533. The number of hydrogen-bond acceptors (Lipinski definition) is 0. The van der Waals surface area contributed by atoms with Gasteiger partial charge in [-0.05, 0) is 126 Å². The Bertz CT molecular complexity index is 1550. The smallest absolute Gasteiger partial charge is 0.358 e. The summed E-state index contributed by atoms with van der Waals surface area (Å²) in [6.07, 6.45) is 23.5. The van der Waals surface area contributed by atoms with E-state index in [1.54, 1.807) is 21.2 Å². The molecule has 4 aromatic rings. The SMILES string of the molecule is CC(C)P(C(C)C)C1CCCC1.CC(C)P(c1ccccc1)C1CCCC1.CC(C)P(c1ccccc1)C1CCCC1.[CH3-].[CH3-].[CH3-].[CH3-].[Fe+2].[Fe+2].c1ccc(P(c2ccccc2)C2CCCC2)cc1. The standard InChI is InChI=1S/C17H19P.2C14H21P.C11H23P.4CH3.2Fe/c1-3-9-15(10-4-1)18(17-13-7-8-14-17)16-11-5-2-6-12-16;2*1-12(2)15(14-10-6-7-11-14)13-8-4-3-5-9-13;1-9(2)12(10(3)4)11-7-5-6-8-11;;;;;;/h1-6,9-12,17H,7-8,13-14H2;2*3-5,8-9,12,14H,6-7,10-11H2,1-2H3;9-11H,5-8H2,1-4H3;4*1H3;;/q;;;;4*-1;2*+2. The van der Waals surface area contributed by atoms with Crippen molar-refractivity contribution in [1.82, 2.24) is 0 Å². The Morgan fingerprint density at radius 2 is 0.530 bits per heavy atom. The molecule has 4 aliphatic rings. The van der Waals surface area contributed by atoms with Crippen LogP contribution < -0.4 is 21.2 Å². The molecule has 0 saturated heterocycles. The predicted octanol–water partition coefficient (Wildman–Crippen LogP) is 18.4. The summed E-state index contributed by atoms with van der Waals surface area (Å²) >= 11 is 0. The van der Waals surface area contributed by atoms with Gasteiger partial charge in [-0.25, -0.2) is 0 Å². The molecule has 0 spiro atoms. The molecule has 4 fully saturated rings. The van der Waals surface area contributed by atoms with Gasteiger partial charge in [0.05, 0.1) is 0 Å². The van der Waals surface area contributed by atoms with E-state index < -0.39 is 0 Å². The van der Waals surface area contributed by atoms with Crippen LogP contribution in [0, 0.1) is 29.7 Å². The van der Waals surface area contributed by atoms with Crippen LogP contribution in [-0.2, 0) is 34.1 Å². The number of hydrogen-bond donors (Lipinski definition) is 0. The molecule has 0 radical (unpaired) electrons. The molecular weight excluding hydrogens is 956 g/mol. The molecule has 66 heavy (non-hydrogen) atoms. The zero-order valence-corrected chi connectivity index (χ0v) is 49.8. The average Bonchev–Trinajstić information content (AvgIpc) is 4.11. The van der Waals surface area contributed by atoms with Crippen LogP contribution in [0.15, 0.2) is 121 Å². The van der Waals surface area contributed by atoms with Gasteiger partial charge in [0.1, 0.15) is 0 Å². The molecule has 4 aliphatic carbocycles. The Labute approximate surface area is 438 Å². The van der Waals surface area contributed by atoms with Crippen molar-refractivity contribution in [1.29, 1.82) is 0 Å². The average molecular weight is 1050 g/mol. The second-order valence-electron chi connectivity index (χ2n) is 19.1. The molecule has 8 rings (SSSR count). The van der Waals surface area contributed by atoms with Crippen LogP contribution in [0.4, 0.5) is 0 Å². The molecule has 6 heteroatoms. The van der Waals surface area contributed by atoms with Gasteiger partial charge < -0.3 is 29.7 Å². The third-order valence-corrected chi connectivity index (χ3v) is 26.7. The Morgan fingerprint density at radius 3 is 0.773 bits per heavy atom. The molecule has 372 valence electrons. The summed E-state index contributed by atoms with van der Waals surface area (Å²) < 4.78 is 0. The maximum absolute atomic E-state index is 2.42. The minimum atomic E-state index is -0.152. The minimum absolute atomic E-state index is 0. The van der Waals surface area contributed by atoms with Gasteiger partial charge in [-0.2, -0.15) is 0 Å². The Kier molecular flexibility index (Phi) is 38.4. The molecule has 0 nitrogen and oxygen atoms in total. The van der Waals surface area contributed by atoms with Crippen molar-refractivity contribution in [2.24, 2.45) is 0 Å². The van der Waals surface area contributed by atoms with Crippen LogP contribution in [0.1, 0.15) is 158 Å². The van der Waals surface area contributed by atoms with Crippen LogP contribution in [0.2, 0.25) is 0 Å². The zero-order valence-electron chi connectivity index (χ0n) is 44.0. The van der Waals surface area contributed by atoms with Crippen molar-refractivity contribution < 1.29 is 34.1 Å². The summed E-state index contributed by atoms with van der Waals surface area (Å²) in [6, 6.07) is 44.6. The number of rotatable bonds is 12. The van der Waals surface area contributed by atoms with E-state index in [1.807, 2.05) is 0 Å². The van der Waals surface area contributed by atoms with E-state index in [-0.39, 0.29) is 87.6 Å². The van der Waals surface area contributed by atoms with Gasteiger partial charge >= 0.3 is 34.1 Å². The zero-order chi connectivity index (χ0) is 42.7. The van der Waals surface area contributed by atoms with E-state index in [0.717, 1.165) is 45.3 Å². The molecule has 4 aromatic carbocycles. The summed E-state index contributed by atoms with van der Waals surface area (Å²) in [4.78, 5) is 0. The Balaban J connectivity index is 0. The van der Waals surface area contributed by atoms with Crippen LogP contribution >= 0.6 is 31.7 Å². The van der Waals surface area contributed by atoms with E-state index in [2.05, 4.69) is 177 Å². The summed E-state index contributed by atoms with van der Waals surface area (Å²) in [5.74, 6) is 0. The van der Waals surface area contributed by atoms with E-state index in [1.165, 1.54) is 103 Å². The molecule has 0 aliphatic heterocycles. The van der Waals surface area contributed by atoms with Crippen LogP contribution in [-0.4, -0.2) is 45.3 Å². The summed E-state index contributed by atoms with van der Waals surface area (Å²) in [6.45, 7) is 19.3. The largest absolute Gasteiger partial charge is 2.00 e. The fourth-order valence-corrected chi connectivity index (χ4v) is 24.4. The topological polar surface area (TPSA) is 0 Å². The molecule has 2 unspecified atom stereocenters. The van der Waals surface area contributed by atoms with Crippen molar-refractivity contribution in [3.8, 4) is 0 Å². The number of benzene rings is 4. The third kappa shape index (κ3) is 21.6. The predicted molar refractivity (Wildman–Crippen MR) is 307 cm³/mol. The molecule has 0 bridgehead atoms. The van der Waals surface area contributed by atoms with E-state index in [4.69, 9.17) is 0 Å². The molecule has 0 amide bonds. The monoisotopic (exact) mass is 1050 g/mol. The first kappa shape index (κ1) is 67.7. The van der Waals surface area contributed by atoms with Crippen molar-refractivity contribution >= 4 is 52.9 Å². The van der Waals surface area contributed by atoms with Gasteiger partial charge in [0.2, 0.25) is 0 Å². The molecule has 2 atom stereocenters. The van der Waals surface area contributed by atoms with Gasteiger partial charge in [-0.1, -0.05) is 252 Å². The van der Waals surface area contributed by atoms with E-state index in [9.17, 15) is 0 Å². The first-order chi connectivity index (χ1) is 29.2. The van der Waals surface area contributed by atoms with E-state index in [0.29, 0.717) is 7.92 Å². The maximum atomic E-state index is 2.42. The van der Waals surface area contributed by atoms with Gasteiger partial charge in [0, 0.05) is 0 Å². The van der Waals surface area contributed by atoms with Crippen molar-refractivity contribution in [3.63, 3.8) is 0 Å². The molecule has 0 N–H and O–H groups in total. The molecule has 4 saturated carbocycles. The van der Waals surface area contributed by atoms with Crippen LogP contribution in [0.5, 0.6) is 0 Å². The normalized spacial score (nSPS) is 17.1. The van der Waals surface area contributed by atoms with Crippen molar-refractivity contribution in [2.45, 2.75) is 203 Å². The summed E-state index contributed by atoms with van der Waals surface area (Å²) in [7, 11) is 0.336.